The predicted octanol–water partition coefficient (Wildman–Crippen LogP) is 5.14. The molecular formula is C20H23Cl3N2O3S. The normalized spacial score (nSPS) is 12.8. The van der Waals surface area contributed by atoms with E-state index in [-0.39, 0.29) is 29.9 Å². The molecule has 0 heterocycles. The highest BCUT2D eigenvalue weighted by molar-refractivity contribution is 7.89. The molecule has 9 heteroatoms. The van der Waals surface area contributed by atoms with Gasteiger partial charge in [-0.3, -0.25) is 4.79 Å². The second-order valence-corrected chi connectivity index (χ2v) is 9.92. The van der Waals surface area contributed by atoms with Gasteiger partial charge in [-0.05, 0) is 55.3 Å². The lowest BCUT2D eigenvalue weighted by atomic mass is 10.2. The molecule has 0 spiro atoms. The zero-order chi connectivity index (χ0) is 21.6. The summed E-state index contributed by atoms with van der Waals surface area (Å²) < 4.78 is 27.5. The van der Waals surface area contributed by atoms with Crippen molar-refractivity contribution < 1.29 is 13.2 Å². The molecule has 0 aliphatic heterocycles. The number of nitrogens with one attached hydrogen (secondary N) is 1. The second kappa shape index (κ2) is 10.6. The Morgan fingerprint density at radius 1 is 1.07 bits per heavy atom. The zero-order valence-corrected chi connectivity index (χ0v) is 19.2. The lowest BCUT2D eigenvalue weighted by Crippen LogP contribution is -2.43. The maximum atomic E-state index is 13.2. The lowest BCUT2D eigenvalue weighted by molar-refractivity contribution is -0.122. The van der Waals surface area contributed by atoms with Crippen LogP contribution in [0.2, 0.25) is 15.1 Å². The van der Waals surface area contributed by atoms with Gasteiger partial charge >= 0.3 is 0 Å². The molecule has 0 saturated heterocycles. The van der Waals surface area contributed by atoms with Gasteiger partial charge in [0.1, 0.15) is 0 Å². The number of hydrogen-bond donors (Lipinski definition) is 1. The molecule has 0 aliphatic rings. The van der Waals surface area contributed by atoms with Crippen molar-refractivity contribution in [3.63, 3.8) is 0 Å². The maximum Gasteiger partial charge on any atom is 0.243 e. The third-order valence-corrected chi connectivity index (χ3v) is 7.04. The molecule has 158 valence electrons. The molecule has 2 rings (SSSR count). The van der Waals surface area contributed by atoms with Gasteiger partial charge in [-0.2, -0.15) is 4.31 Å². The number of rotatable bonds is 9. The predicted molar refractivity (Wildman–Crippen MR) is 118 cm³/mol. The molecule has 1 N–H and O–H groups in total. The Kier molecular flexibility index (Phi) is 8.79. The first-order valence-electron chi connectivity index (χ1n) is 9.12. The van der Waals surface area contributed by atoms with Crippen molar-refractivity contribution in [3.05, 3.63) is 63.1 Å². The number of nitrogens with zero attached hydrogens (tertiary/aromatic N) is 1. The highest BCUT2D eigenvalue weighted by Gasteiger charge is 2.27. The van der Waals surface area contributed by atoms with Gasteiger partial charge in [0, 0.05) is 17.6 Å². The van der Waals surface area contributed by atoms with Gasteiger partial charge in [-0.15, -0.1) is 0 Å². The number of carbonyl (C=O) groups excluding carboxylic acids is 1. The highest BCUT2D eigenvalue weighted by Crippen LogP contribution is 2.25. The molecule has 5 nitrogen and oxygen atoms in total. The molecule has 2 aromatic carbocycles. The standard InChI is InChI=1S/C20H23Cl3N2O3S/c1-3-4-14(2)24-20(26)13-25(12-15-5-10-18(22)19(23)11-15)29(27,28)17-8-6-16(21)7-9-17/h5-11,14H,3-4,12-13H2,1-2H3,(H,24,26)/t14-/m0/s1. The minimum atomic E-state index is -3.94. The summed E-state index contributed by atoms with van der Waals surface area (Å²) in [4.78, 5) is 12.5. The third-order valence-electron chi connectivity index (χ3n) is 4.24. The van der Waals surface area contributed by atoms with Crippen molar-refractivity contribution in [3.8, 4) is 0 Å². The largest absolute Gasteiger partial charge is 0.353 e. The van der Waals surface area contributed by atoms with Crippen molar-refractivity contribution in [2.45, 2.75) is 44.2 Å². The van der Waals surface area contributed by atoms with Crippen molar-refractivity contribution in [1.82, 2.24) is 9.62 Å². The average molecular weight is 478 g/mol. The molecule has 0 radical (unpaired) electrons. The van der Waals surface area contributed by atoms with Crippen LogP contribution in [-0.4, -0.2) is 31.2 Å². The van der Waals surface area contributed by atoms with Crippen LogP contribution in [0.1, 0.15) is 32.3 Å². The summed E-state index contributed by atoms with van der Waals surface area (Å²) >= 11 is 17.9. The van der Waals surface area contributed by atoms with E-state index in [1.165, 1.54) is 24.3 Å². The molecule has 1 atom stereocenters. The summed E-state index contributed by atoms with van der Waals surface area (Å²) in [5.74, 6) is -0.372. The first kappa shape index (κ1) is 24.0. The molecular weight excluding hydrogens is 455 g/mol. The molecule has 0 unspecified atom stereocenters. The summed E-state index contributed by atoms with van der Waals surface area (Å²) in [5, 5.41) is 3.94. The van der Waals surface area contributed by atoms with Crippen LogP contribution in [0.5, 0.6) is 0 Å². The molecule has 0 bridgehead atoms. The van der Waals surface area contributed by atoms with Gasteiger partial charge in [0.25, 0.3) is 0 Å². The Labute approximate surface area is 187 Å². The topological polar surface area (TPSA) is 66.5 Å². The van der Waals surface area contributed by atoms with Crippen LogP contribution < -0.4 is 5.32 Å². The monoisotopic (exact) mass is 476 g/mol. The smallest absolute Gasteiger partial charge is 0.243 e. The fourth-order valence-corrected chi connectivity index (χ4v) is 4.64. The van der Waals surface area contributed by atoms with Crippen LogP contribution in [0.4, 0.5) is 0 Å². The lowest BCUT2D eigenvalue weighted by Gasteiger charge is -2.23. The number of carbonyl (C=O) groups is 1. The highest BCUT2D eigenvalue weighted by atomic mass is 35.5. The fraction of sp³-hybridized carbons (Fsp3) is 0.350. The van der Waals surface area contributed by atoms with Crippen LogP contribution in [-0.2, 0) is 21.4 Å². The Hall–Kier alpha value is -1.31. The minimum Gasteiger partial charge on any atom is -0.353 e. The first-order valence-corrected chi connectivity index (χ1v) is 11.7. The quantitative estimate of drug-likeness (QED) is 0.543. The van der Waals surface area contributed by atoms with E-state index < -0.39 is 10.0 Å². The molecule has 29 heavy (non-hydrogen) atoms. The summed E-state index contributed by atoms with van der Waals surface area (Å²) in [5.41, 5.74) is 0.617. The molecule has 1 amide bonds. The van der Waals surface area contributed by atoms with E-state index in [0.29, 0.717) is 20.6 Å². The van der Waals surface area contributed by atoms with Crippen LogP contribution in [0.25, 0.3) is 0 Å². The van der Waals surface area contributed by atoms with E-state index >= 15 is 0 Å². The minimum absolute atomic E-state index is 0.0303. The molecule has 0 aromatic heterocycles. The summed E-state index contributed by atoms with van der Waals surface area (Å²) in [7, 11) is -3.94. The van der Waals surface area contributed by atoms with E-state index in [9.17, 15) is 13.2 Å². The van der Waals surface area contributed by atoms with E-state index in [0.717, 1.165) is 17.1 Å². The number of halogens is 3. The van der Waals surface area contributed by atoms with E-state index in [2.05, 4.69) is 5.32 Å². The Bertz CT molecular complexity index is 950. The SMILES string of the molecule is CCC[C@H](C)NC(=O)CN(Cc1ccc(Cl)c(Cl)c1)S(=O)(=O)c1ccc(Cl)cc1. The number of hydrogen-bond acceptors (Lipinski definition) is 3. The van der Waals surface area contributed by atoms with Gasteiger partial charge in [0.05, 0.1) is 21.5 Å². The van der Waals surface area contributed by atoms with Gasteiger partial charge in [0.2, 0.25) is 15.9 Å². The molecule has 0 fully saturated rings. The van der Waals surface area contributed by atoms with Crippen LogP contribution >= 0.6 is 34.8 Å². The van der Waals surface area contributed by atoms with E-state index in [1.807, 2.05) is 13.8 Å². The molecule has 0 aliphatic carbocycles. The zero-order valence-electron chi connectivity index (χ0n) is 16.2. The third kappa shape index (κ3) is 6.86. The Morgan fingerprint density at radius 3 is 2.31 bits per heavy atom. The van der Waals surface area contributed by atoms with Gasteiger partial charge < -0.3 is 5.32 Å². The van der Waals surface area contributed by atoms with Gasteiger partial charge in [-0.1, -0.05) is 54.2 Å². The maximum absolute atomic E-state index is 13.2. The second-order valence-electron chi connectivity index (χ2n) is 6.73. The van der Waals surface area contributed by atoms with E-state index in [1.54, 1.807) is 18.2 Å². The number of sulfonamides is 1. The fourth-order valence-electron chi connectivity index (χ4n) is 2.81. The summed E-state index contributed by atoms with van der Waals surface area (Å²) in [6.45, 7) is 3.55. The number of amides is 1. The summed E-state index contributed by atoms with van der Waals surface area (Å²) in [6, 6.07) is 10.6. The molecule has 2 aromatic rings. The van der Waals surface area contributed by atoms with Crippen molar-refractivity contribution in [2.75, 3.05) is 6.54 Å². The van der Waals surface area contributed by atoms with Crippen LogP contribution in [0.3, 0.4) is 0 Å². The van der Waals surface area contributed by atoms with Crippen molar-refractivity contribution in [1.29, 1.82) is 0 Å². The number of benzene rings is 2. The average Bonchev–Trinajstić information content (AvgIpc) is 2.64. The summed E-state index contributed by atoms with van der Waals surface area (Å²) in [6.07, 6.45) is 1.72. The molecule has 0 saturated carbocycles. The van der Waals surface area contributed by atoms with Gasteiger partial charge in [-0.25, -0.2) is 8.42 Å². The van der Waals surface area contributed by atoms with Gasteiger partial charge in [0.15, 0.2) is 0 Å². The van der Waals surface area contributed by atoms with Crippen LogP contribution in [0, 0.1) is 0 Å². The van der Waals surface area contributed by atoms with Crippen LogP contribution in [0.15, 0.2) is 47.4 Å². The van der Waals surface area contributed by atoms with Crippen molar-refractivity contribution in [2.24, 2.45) is 0 Å². The van der Waals surface area contributed by atoms with E-state index in [4.69, 9.17) is 34.8 Å². The Balaban J connectivity index is 2.32. The first-order chi connectivity index (χ1) is 13.6. The van der Waals surface area contributed by atoms with Crippen molar-refractivity contribution >= 4 is 50.7 Å². The Morgan fingerprint density at radius 2 is 1.72 bits per heavy atom.